The van der Waals surface area contributed by atoms with Crippen LogP contribution in [0.5, 0.6) is 11.5 Å². The second-order valence-electron chi connectivity index (χ2n) is 3.40. The molecule has 0 aliphatic rings. The van der Waals surface area contributed by atoms with Crippen LogP contribution in [0.15, 0.2) is 6.07 Å². The highest BCUT2D eigenvalue weighted by Gasteiger charge is 2.17. The first kappa shape index (κ1) is 11.1. The van der Waals surface area contributed by atoms with Crippen molar-refractivity contribution in [1.82, 2.24) is 0 Å². The van der Waals surface area contributed by atoms with Crippen molar-refractivity contribution in [3.8, 4) is 11.5 Å². The fourth-order valence-corrected chi connectivity index (χ4v) is 1.67. The van der Waals surface area contributed by atoms with Gasteiger partial charge in [0.15, 0.2) is 11.5 Å². The van der Waals surface area contributed by atoms with Gasteiger partial charge in [0.1, 0.15) is 0 Å². The van der Waals surface area contributed by atoms with E-state index in [4.69, 9.17) is 17.3 Å². The van der Waals surface area contributed by atoms with Gasteiger partial charge in [-0.25, -0.2) is 0 Å². The van der Waals surface area contributed by atoms with Gasteiger partial charge in [-0.1, -0.05) is 18.5 Å². The summed E-state index contributed by atoms with van der Waals surface area (Å²) < 4.78 is 0. The lowest BCUT2D eigenvalue weighted by atomic mass is 9.95. The van der Waals surface area contributed by atoms with Crippen molar-refractivity contribution >= 4 is 11.6 Å². The van der Waals surface area contributed by atoms with Crippen LogP contribution in [0.1, 0.15) is 24.0 Å². The Bertz CT molecular complexity index is 326. The molecule has 0 aliphatic carbocycles. The number of benzene rings is 1. The predicted octanol–water partition coefficient (Wildman–Crippen LogP) is 2.12. The summed E-state index contributed by atoms with van der Waals surface area (Å²) in [7, 11) is 0. The maximum absolute atomic E-state index is 9.64. The van der Waals surface area contributed by atoms with Crippen molar-refractivity contribution in [3.05, 3.63) is 22.2 Å². The number of hydrogen-bond acceptors (Lipinski definition) is 3. The van der Waals surface area contributed by atoms with Crippen LogP contribution in [0.2, 0.25) is 5.02 Å². The molecule has 0 heterocycles. The van der Waals surface area contributed by atoms with E-state index in [2.05, 4.69) is 0 Å². The summed E-state index contributed by atoms with van der Waals surface area (Å²) in [4.78, 5) is 0. The first-order valence-corrected chi connectivity index (χ1v) is 4.77. The zero-order valence-corrected chi connectivity index (χ0v) is 8.97. The Hall–Kier alpha value is -0.930. The van der Waals surface area contributed by atoms with E-state index < -0.39 is 0 Å². The maximum atomic E-state index is 9.64. The molecule has 0 spiro atoms. The van der Waals surface area contributed by atoms with Gasteiger partial charge >= 0.3 is 0 Å². The highest BCUT2D eigenvalue weighted by molar-refractivity contribution is 6.31. The molecule has 0 amide bonds. The van der Waals surface area contributed by atoms with Crippen LogP contribution in [0, 0.1) is 6.92 Å². The summed E-state index contributed by atoms with van der Waals surface area (Å²) in [5, 5.41) is 19.5. The third kappa shape index (κ3) is 1.79. The highest BCUT2D eigenvalue weighted by atomic mass is 35.5. The molecular weight excluding hydrogens is 202 g/mol. The highest BCUT2D eigenvalue weighted by Crippen LogP contribution is 2.39. The average molecular weight is 216 g/mol. The molecule has 4 heteroatoms. The Labute approximate surface area is 88.1 Å². The van der Waals surface area contributed by atoms with Crippen molar-refractivity contribution in [2.24, 2.45) is 5.73 Å². The van der Waals surface area contributed by atoms with E-state index in [0.717, 1.165) is 5.56 Å². The van der Waals surface area contributed by atoms with Gasteiger partial charge in [-0.15, -0.1) is 0 Å². The van der Waals surface area contributed by atoms with E-state index >= 15 is 0 Å². The Morgan fingerprint density at radius 3 is 2.57 bits per heavy atom. The molecule has 0 aromatic heterocycles. The van der Waals surface area contributed by atoms with Crippen molar-refractivity contribution in [1.29, 1.82) is 0 Å². The fraction of sp³-hybridized carbons (Fsp3) is 0.400. The van der Waals surface area contributed by atoms with E-state index in [9.17, 15) is 10.2 Å². The minimum atomic E-state index is -0.198. The summed E-state index contributed by atoms with van der Waals surface area (Å²) in [5.74, 6) is -0.347. The molecule has 0 radical (unpaired) electrons. The summed E-state index contributed by atoms with van der Waals surface area (Å²) in [6.45, 7) is 4.06. The van der Waals surface area contributed by atoms with Crippen LogP contribution in [0.25, 0.3) is 0 Å². The van der Waals surface area contributed by atoms with E-state index in [1.165, 1.54) is 6.07 Å². The molecule has 1 aromatic rings. The Balaban J connectivity index is 3.39. The van der Waals surface area contributed by atoms with Gasteiger partial charge in [0, 0.05) is 16.7 Å². The first-order valence-electron chi connectivity index (χ1n) is 4.40. The van der Waals surface area contributed by atoms with Crippen LogP contribution >= 0.6 is 11.6 Å². The second kappa shape index (κ2) is 4.07. The van der Waals surface area contributed by atoms with Crippen LogP contribution in [0.4, 0.5) is 0 Å². The van der Waals surface area contributed by atoms with Crippen LogP contribution in [0.3, 0.4) is 0 Å². The number of aromatic hydroxyl groups is 2. The molecule has 1 rings (SSSR count). The topological polar surface area (TPSA) is 66.5 Å². The van der Waals surface area contributed by atoms with Gasteiger partial charge in [0.25, 0.3) is 0 Å². The van der Waals surface area contributed by atoms with Crippen molar-refractivity contribution in [2.45, 2.75) is 19.8 Å². The molecular formula is C10H14ClNO2. The molecule has 0 fully saturated rings. The van der Waals surface area contributed by atoms with Crippen molar-refractivity contribution in [3.63, 3.8) is 0 Å². The van der Waals surface area contributed by atoms with E-state index in [1.807, 2.05) is 6.92 Å². The Kier molecular flexibility index (Phi) is 3.24. The van der Waals surface area contributed by atoms with Gasteiger partial charge in [-0.05, 0) is 24.9 Å². The number of rotatable bonds is 2. The molecule has 0 aliphatic heterocycles. The minimum Gasteiger partial charge on any atom is -0.504 e. The molecule has 1 unspecified atom stereocenters. The van der Waals surface area contributed by atoms with Gasteiger partial charge < -0.3 is 15.9 Å². The van der Waals surface area contributed by atoms with Crippen LogP contribution in [-0.4, -0.2) is 16.8 Å². The third-order valence-electron chi connectivity index (χ3n) is 2.37. The fourth-order valence-electron chi connectivity index (χ4n) is 1.46. The smallest absolute Gasteiger partial charge is 0.161 e. The quantitative estimate of drug-likeness (QED) is 0.662. The summed E-state index contributed by atoms with van der Waals surface area (Å²) in [5.41, 5.74) is 6.89. The lowest BCUT2D eigenvalue weighted by Crippen LogP contribution is -2.10. The standard InChI is InChI=1S/C10H14ClNO2/c1-5(4-12)9-6(2)7(11)3-8(13)10(9)14/h3,5,13-14H,4,12H2,1-2H3. The van der Waals surface area contributed by atoms with E-state index in [0.29, 0.717) is 17.1 Å². The maximum Gasteiger partial charge on any atom is 0.161 e. The predicted molar refractivity (Wildman–Crippen MR) is 57.0 cm³/mol. The first-order chi connectivity index (χ1) is 6.49. The SMILES string of the molecule is Cc1c(Cl)cc(O)c(O)c1C(C)CN. The lowest BCUT2D eigenvalue weighted by Gasteiger charge is -2.16. The van der Waals surface area contributed by atoms with Gasteiger partial charge in [-0.2, -0.15) is 0 Å². The lowest BCUT2D eigenvalue weighted by molar-refractivity contribution is 0.396. The molecule has 1 aromatic carbocycles. The molecule has 0 saturated carbocycles. The number of hydrogen-bond donors (Lipinski definition) is 3. The molecule has 0 bridgehead atoms. The van der Waals surface area contributed by atoms with Gasteiger partial charge in [0.2, 0.25) is 0 Å². The normalized spacial score (nSPS) is 12.9. The van der Waals surface area contributed by atoms with Gasteiger partial charge in [0.05, 0.1) is 0 Å². The second-order valence-corrected chi connectivity index (χ2v) is 3.81. The van der Waals surface area contributed by atoms with Crippen LogP contribution < -0.4 is 5.73 Å². The van der Waals surface area contributed by atoms with E-state index in [1.54, 1.807) is 6.92 Å². The van der Waals surface area contributed by atoms with Gasteiger partial charge in [-0.3, -0.25) is 0 Å². The van der Waals surface area contributed by atoms with Crippen LogP contribution in [-0.2, 0) is 0 Å². The van der Waals surface area contributed by atoms with Crippen molar-refractivity contribution < 1.29 is 10.2 Å². The zero-order chi connectivity index (χ0) is 10.9. The molecule has 4 N–H and O–H groups in total. The summed E-state index contributed by atoms with van der Waals surface area (Å²) in [6, 6.07) is 1.33. The molecule has 78 valence electrons. The largest absolute Gasteiger partial charge is 0.504 e. The number of halogens is 1. The zero-order valence-electron chi connectivity index (χ0n) is 8.21. The summed E-state index contributed by atoms with van der Waals surface area (Å²) >= 11 is 5.88. The Morgan fingerprint density at radius 1 is 1.50 bits per heavy atom. The van der Waals surface area contributed by atoms with Crippen molar-refractivity contribution in [2.75, 3.05) is 6.54 Å². The number of phenolic OH excluding ortho intramolecular Hbond substituents is 2. The minimum absolute atomic E-state index is 0.0281. The number of nitrogens with two attached hydrogens (primary N) is 1. The molecule has 14 heavy (non-hydrogen) atoms. The monoisotopic (exact) mass is 215 g/mol. The molecule has 0 saturated heterocycles. The average Bonchev–Trinajstić information content (AvgIpc) is 2.15. The molecule has 1 atom stereocenters. The summed E-state index contributed by atoms with van der Waals surface area (Å²) in [6.07, 6.45) is 0. The molecule has 3 nitrogen and oxygen atoms in total. The third-order valence-corrected chi connectivity index (χ3v) is 2.76. The Morgan fingerprint density at radius 2 is 2.07 bits per heavy atom. The number of phenols is 2. The van der Waals surface area contributed by atoms with E-state index in [-0.39, 0.29) is 17.4 Å².